The van der Waals surface area contributed by atoms with Gasteiger partial charge in [-0.05, 0) is 30.4 Å². The number of aliphatic imine (C=N–C) groups is 1. The molecule has 0 amide bonds. The van der Waals surface area contributed by atoms with Crippen molar-refractivity contribution in [2.24, 2.45) is 10.7 Å². The third-order valence-electron chi connectivity index (χ3n) is 2.81. The Bertz CT molecular complexity index is 614. The molecule has 0 atom stereocenters. The lowest BCUT2D eigenvalue weighted by Crippen LogP contribution is -2.07. The van der Waals surface area contributed by atoms with E-state index in [1.807, 2.05) is 38.4 Å². The average Bonchev–Trinajstić information content (AvgIpc) is 3.12. The van der Waals surface area contributed by atoms with Gasteiger partial charge in [-0.25, -0.2) is 15.0 Å². The van der Waals surface area contributed by atoms with E-state index < -0.39 is 0 Å². The number of aryl methyl sites for hydroxylation is 1. The van der Waals surface area contributed by atoms with Gasteiger partial charge in [0.1, 0.15) is 12.2 Å². The molecular weight excluding hydrogens is 280 g/mol. The molecule has 0 spiro atoms. The number of hydrogen-bond acceptors (Lipinski definition) is 5. The lowest BCUT2D eigenvalue weighted by molar-refractivity contribution is 0.892. The molecule has 0 radical (unpaired) electrons. The third-order valence-corrected chi connectivity index (χ3v) is 3.83. The zero-order valence-electron chi connectivity index (χ0n) is 13.3. The number of aromatic nitrogens is 2. The normalized spacial score (nSPS) is 12.8. The molecule has 3 heterocycles. The molecule has 0 fully saturated rings. The average molecular weight is 304 g/mol. The summed E-state index contributed by atoms with van der Waals surface area (Å²) in [6, 6.07) is 2.01. The lowest BCUT2D eigenvalue weighted by Gasteiger charge is -1.94. The van der Waals surface area contributed by atoms with E-state index in [2.05, 4.69) is 21.9 Å². The van der Waals surface area contributed by atoms with Crippen LogP contribution in [0.5, 0.6) is 0 Å². The van der Waals surface area contributed by atoms with Gasteiger partial charge in [-0.3, -0.25) is 0 Å². The predicted molar refractivity (Wildman–Crippen MR) is 92.7 cm³/mol. The van der Waals surface area contributed by atoms with E-state index in [-0.39, 0.29) is 0 Å². The molecule has 2 aromatic heterocycles. The first-order valence-corrected chi connectivity index (χ1v) is 8.23. The Kier molecular flexibility index (Phi) is 7.61. The van der Waals surface area contributed by atoms with Crippen LogP contribution < -0.4 is 5.73 Å². The van der Waals surface area contributed by atoms with Crippen molar-refractivity contribution >= 4 is 27.4 Å². The summed E-state index contributed by atoms with van der Waals surface area (Å²) in [5.74, 6) is 0.762. The van der Waals surface area contributed by atoms with E-state index in [9.17, 15) is 0 Å². The Morgan fingerprint density at radius 2 is 2.05 bits per heavy atom. The summed E-state index contributed by atoms with van der Waals surface area (Å²) in [7, 11) is 0. The predicted octanol–water partition coefficient (Wildman–Crippen LogP) is 4.46. The maximum atomic E-state index is 5.45. The highest BCUT2D eigenvalue weighted by atomic mass is 32.1. The number of thiophene rings is 1. The van der Waals surface area contributed by atoms with Crippen molar-refractivity contribution in [2.45, 2.75) is 47.0 Å². The number of amidine groups is 1. The number of nitrogens with two attached hydrogens (primary N) is 1. The van der Waals surface area contributed by atoms with Gasteiger partial charge in [0.05, 0.1) is 15.9 Å². The molecule has 0 unspecified atom stereocenters. The third kappa shape index (κ3) is 5.27. The Balaban J connectivity index is 0.000000189. The van der Waals surface area contributed by atoms with Crippen molar-refractivity contribution in [2.75, 3.05) is 0 Å². The first-order valence-electron chi connectivity index (χ1n) is 7.35. The maximum absolute atomic E-state index is 5.45. The minimum absolute atomic E-state index is 0.762. The van der Waals surface area contributed by atoms with Crippen molar-refractivity contribution < 1.29 is 0 Å². The molecule has 4 nitrogen and oxygen atoms in total. The highest BCUT2D eigenvalue weighted by molar-refractivity contribution is 7.17. The zero-order valence-corrected chi connectivity index (χ0v) is 14.1. The van der Waals surface area contributed by atoms with Crippen LogP contribution in [0.2, 0.25) is 0 Å². The van der Waals surface area contributed by atoms with E-state index in [0.717, 1.165) is 29.9 Å². The van der Waals surface area contributed by atoms with Crippen LogP contribution in [-0.2, 0) is 0 Å². The smallest absolute Gasteiger partial charge is 0.116 e. The fourth-order valence-electron chi connectivity index (χ4n) is 1.88. The Morgan fingerprint density at radius 3 is 2.62 bits per heavy atom. The topological polar surface area (TPSA) is 64.2 Å². The highest BCUT2D eigenvalue weighted by Crippen LogP contribution is 2.19. The van der Waals surface area contributed by atoms with Gasteiger partial charge in [0.2, 0.25) is 0 Å². The summed E-state index contributed by atoms with van der Waals surface area (Å²) in [5, 5.41) is 2.03. The second kappa shape index (κ2) is 9.23. The van der Waals surface area contributed by atoms with Crippen molar-refractivity contribution in [1.82, 2.24) is 9.97 Å². The molecule has 114 valence electrons. The van der Waals surface area contributed by atoms with Crippen LogP contribution in [0.4, 0.5) is 0 Å². The standard InChI is InChI=1S/C7H6N2S.C7H12N2.C2H6/c1-5-7-6(2-3-10-7)9-4-8-5;1-2-3-6-4-7(8)9-5-6;1-2/h2-4H,1H3;5H,2-4H2,1H3,(H2,8,9);1-2H3. The summed E-state index contributed by atoms with van der Waals surface area (Å²) >= 11 is 1.69. The van der Waals surface area contributed by atoms with Crippen LogP contribution in [0, 0.1) is 6.92 Å². The number of nitrogens with zero attached hydrogens (tertiary/aromatic N) is 3. The molecule has 1 aliphatic heterocycles. The van der Waals surface area contributed by atoms with Gasteiger partial charge >= 0.3 is 0 Å². The van der Waals surface area contributed by atoms with E-state index >= 15 is 0 Å². The lowest BCUT2D eigenvalue weighted by atomic mass is 10.1. The second-order valence-corrected chi connectivity index (χ2v) is 5.34. The fourth-order valence-corrected chi connectivity index (χ4v) is 2.68. The number of fused-ring (bicyclic) bond motifs is 1. The number of hydrogen-bond donors (Lipinski definition) is 1. The van der Waals surface area contributed by atoms with Gasteiger partial charge in [0.15, 0.2) is 0 Å². The molecule has 0 bridgehead atoms. The highest BCUT2D eigenvalue weighted by Gasteiger charge is 2.04. The van der Waals surface area contributed by atoms with E-state index in [1.165, 1.54) is 16.7 Å². The monoisotopic (exact) mass is 304 g/mol. The Labute approximate surface area is 130 Å². The van der Waals surface area contributed by atoms with Crippen LogP contribution in [0.15, 0.2) is 34.5 Å². The molecule has 3 rings (SSSR count). The molecule has 0 saturated heterocycles. The summed E-state index contributed by atoms with van der Waals surface area (Å²) in [5.41, 5.74) is 8.95. The van der Waals surface area contributed by atoms with E-state index in [1.54, 1.807) is 17.7 Å². The SMILES string of the molecule is CC.CCCC1=CN=C(N)C1.Cc1ncnc2ccsc12. The molecule has 2 aromatic rings. The van der Waals surface area contributed by atoms with Gasteiger partial charge in [0.25, 0.3) is 0 Å². The van der Waals surface area contributed by atoms with Crippen molar-refractivity contribution in [3.63, 3.8) is 0 Å². The minimum Gasteiger partial charge on any atom is -0.387 e. The van der Waals surface area contributed by atoms with Crippen LogP contribution in [0.3, 0.4) is 0 Å². The van der Waals surface area contributed by atoms with Gasteiger partial charge in [-0.1, -0.05) is 27.2 Å². The van der Waals surface area contributed by atoms with Gasteiger partial charge in [0, 0.05) is 12.6 Å². The fraction of sp³-hybridized carbons (Fsp3) is 0.438. The zero-order chi connectivity index (χ0) is 15.7. The maximum Gasteiger partial charge on any atom is 0.116 e. The molecule has 1 aliphatic rings. The molecule has 0 aliphatic carbocycles. The van der Waals surface area contributed by atoms with Crippen LogP contribution in [0.1, 0.15) is 45.7 Å². The summed E-state index contributed by atoms with van der Waals surface area (Å²) < 4.78 is 1.20. The van der Waals surface area contributed by atoms with E-state index in [4.69, 9.17) is 5.73 Å². The molecule has 0 saturated carbocycles. The molecule has 21 heavy (non-hydrogen) atoms. The van der Waals surface area contributed by atoms with Gasteiger partial charge in [-0.2, -0.15) is 0 Å². The molecule has 0 aromatic carbocycles. The summed E-state index contributed by atoms with van der Waals surface area (Å²) in [6.45, 7) is 8.16. The summed E-state index contributed by atoms with van der Waals surface area (Å²) in [6.07, 6.45) is 6.72. The van der Waals surface area contributed by atoms with Crippen molar-refractivity contribution in [3.05, 3.63) is 35.2 Å². The first kappa shape index (κ1) is 17.3. The number of rotatable bonds is 2. The first-order chi connectivity index (χ1) is 10.2. The van der Waals surface area contributed by atoms with Crippen LogP contribution in [0.25, 0.3) is 10.2 Å². The van der Waals surface area contributed by atoms with Crippen molar-refractivity contribution in [1.29, 1.82) is 0 Å². The molecule has 5 heteroatoms. The quantitative estimate of drug-likeness (QED) is 0.891. The largest absolute Gasteiger partial charge is 0.387 e. The molecule has 2 N–H and O–H groups in total. The van der Waals surface area contributed by atoms with Crippen LogP contribution >= 0.6 is 11.3 Å². The van der Waals surface area contributed by atoms with Gasteiger partial charge < -0.3 is 5.73 Å². The summed E-state index contributed by atoms with van der Waals surface area (Å²) in [4.78, 5) is 12.1. The minimum atomic E-state index is 0.762. The molecular formula is C16H24N4S. The Hall–Kier alpha value is -1.75. The van der Waals surface area contributed by atoms with E-state index in [0.29, 0.717) is 0 Å². The van der Waals surface area contributed by atoms with Gasteiger partial charge in [-0.15, -0.1) is 11.3 Å². The van der Waals surface area contributed by atoms with Crippen LogP contribution in [-0.4, -0.2) is 15.8 Å². The van der Waals surface area contributed by atoms with Crippen molar-refractivity contribution in [3.8, 4) is 0 Å². The second-order valence-electron chi connectivity index (χ2n) is 4.43. The Morgan fingerprint density at radius 1 is 1.29 bits per heavy atom.